The lowest BCUT2D eigenvalue weighted by Gasteiger charge is -2.26. The minimum atomic E-state index is -0.806. The highest BCUT2D eigenvalue weighted by Crippen LogP contribution is 2.35. The van der Waals surface area contributed by atoms with E-state index in [1.165, 1.54) is 10.9 Å². The second-order valence-corrected chi connectivity index (χ2v) is 6.24. The van der Waals surface area contributed by atoms with Gasteiger partial charge >= 0.3 is 5.97 Å². The molecule has 1 aromatic heterocycles. The molecule has 1 heterocycles. The smallest absolute Gasteiger partial charge is 0.360 e. The molecule has 0 unspecified atom stereocenters. The van der Waals surface area contributed by atoms with Crippen LogP contribution in [0.3, 0.4) is 0 Å². The Morgan fingerprint density at radius 2 is 2.04 bits per heavy atom. The summed E-state index contributed by atoms with van der Waals surface area (Å²) in [6.45, 7) is 5.68. The predicted octanol–water partition coefficient (Wildman–Crippen LogP) is 4.29. The second-order valence-electron chi connectivity index (χ2n) is 6.24. The van der Waals surface area contributed by atoms with Gasteiger partial charge in [-0.2, -0.15) is 4.39 Å². The average molecular weight is 328 g/mol. The molecule has 0 radical (unpaired) electrons. The highest BCUT2D eigenvalue weighted by atomic mass is 19.1. The monoisotopic (exact) mass is 328 g/mol. The minimum Gasteiger partial charge on any atom is -0.450 e. The van der Waals surface area contributed by atoms with Crippen LogP contribution in [0, 0.1) is 5.95 Å². The molecule has 0 N–H and O–H groups in total. The number of esters is 1. The van der Waals surface area contributed by atoms with Gasteiger partial charge in [-0.05, 0) is 44.2 Å². The molecule has 126 valence electrons. The van der Waals surface area contributed by atoms with E-state index in [-0.39, 0.29) is 11.7 Å². The predicted molar refractivity (Wildman–Crippen MR) is 89.3 cm³/mol. The summed E-state index contributed by atoms with van der Waals surface area (Å²) >= 11 is 0. The first-order valence-corrected chi connectivity index (χ1v) is 8.20. The number of rotatable bonds is 5. The largest absolute Gasteiger partial charge is 0.450 e. The van der Waals surface area contributed by atoms with E-state index in [1.54, 1.807) is 6.08 Å². The molecule has 3 rings (SSSR count). The number of halogens is 1. The first-order chi connectivity index (χ1) is 11.6. The fourth-order valence-corrected chi connectivity index (χ4v) is 3.27. The normalized spacial score (nSPS) is 17.4. The number of nitrogens with zero attached hydrogens (tertiary/aromatic N) is 2. The molecular weight excluding hydrogens is 307 g/mol. The van der Waals surface area contributed by atoms with Gasteiger partial charge < -0.3 is 9.30 Å². The van der Waals surface area contributed by atoms with E-state index in [2.05, 4.69) is 11.6 Å². The molecule has 4 nitrogen and oxygen atoms in total. The lowest BCUT2D eigenvalue weighted by Crippen LogP contribution is -2.31. The lowest BCUT2D eigenvalue weighted by molar-refractivity contribution is 0.00487. The van der Waals surface area contributed by atoms with Gasteiger partial charge in [-0.25, -0.2) is 9.78 Å². The van der Waals surface area contributed by atoms with Gasteiger partial charge in [0.25, 0.3) is 0 Å². The molecule has 1 aliphatic carbocycles. The van der Waals surface area contributed by atoms with Crippen LogP contribution in [0.5, 0.6) is 0 Å². The topological polar surface area (TPSA) is 44.1 Å². The maximum absolute atomic E-state index is 14.2. The van der Waals surface area contributed by atoms with Crippen molar-refractivity contribution in [1.29, 1.82) is 0 Å². The number of ether oxygens (including phenoxy) is 1. The van der Waals surface area contributed by atoms with Gasteiger partial charge in [0.1, 0.15) is 5.60 Å². The molecule has 1 fully saturated rings. The summed E-state index contributed by atoms with van der Waals surface area (Å²) in [5.41, 5.74) is 0.136. The summed E-state index contributed by atoms with van der Waals surface area (Å²) < 4.78 is 21.3. The Hall–Kier alpha value is -2.43. The molecule has 1 aliphatic rings. The quantitative estimate of drug-likeness (QED) is 0.607. The maximum Gasteiger partial charge on any atom is 0.360 e. The van der Waals surface area contributed by atoms with E-state index in [4.69, 9.17) is 4.74 Å². The number of hydrogen-bond acceptors (Lipinski definition) is 3. The van der Waals surface area contributed by atoms with Gasteiger partial charge in [-0.15, -0.1) is 0 Å². The van der Waals surface area contributed by atoms with Crippen molar-refractivity contribution in [2.24, 2.45) is 0 Å². The van der Waals surface area contributed by atoms with Crippen LogP contribution in [0.1, 0.15) is 54.7 Å². The van der Waals surface area contributed by atoms with E-state index in [0.717, 1.165) is 31.2 Å². The summed E-state index contributed by atoms with van der Waals surface area (Å²) in [6, 6.07) is 9.35. The van der Waals surface area contributed by atoms with Crippen molar-refractivity contribution in [2.75, 3.05) is 0 Å². The molecule has 0 amide bonds. The zero-order valence-electron chi connectivity index (χ0n) is 13.7. The summed E-state index contributed by atoms with van der Waals surface area (Å²) in [5, 5.41) is 0. The standard InChI is InChI=1S/C19H21FN2O2/c1-3-19(11-7-8-12-19)24-18(23)16-17(20)21-13-22(16)14(2)15-9-5-4-6-10-15/h3-6,9-10,13-14H,1,7-8,11-12H2,2H3/t14-/m1/s1. The van der Waals surface area contributed by atoms with Crippen molar-refractivity contribution in [2.45, 2.75) is 44.2 Å². The first kappa shape index (κ1) is 16.4. The van der Waals surface area contributed by atoms with Crippen molar-refractivity contribution in [3.8, 4) is 0 Å². The van der Waals surface area contributed by atoms with E-state index < -0.39 is 17.5 Å². The van der Waals surface area contributed by atoms with Crippen molar-refractivity contribution >= 4 is 5.97 Å². The third-order valence-electron chi connectivity index (χ3n) is 4.76. The van der Waals surface area contributed by atoms with Crippen LogP contribution in [0.2, 0.25) is 0 Å². The highest BCUT2D eigenvalue weighted by Gasteiger charge is 2.37. The van der Waals surface area contributed by atoms with Crippen molar-refractivity contribution in [3.05, 3.63) is 66.5 Å². The van der Waals surface area contributed by atoms with Crippen LogP contribution in [0.4, 0.5) is 4.39 Å². The Bertz CT molecular complexity index is 733. The summed E-state index contributed by atoms with van der Waals surface area (Å²) in [6.07, 6.45) is 6.41. The molecule has 24 heavy (non-hydrogen) atoms. The maximum atomic E-state index is 14.2. The molecule has 0 aliphatic heterocycles. The molecule has 0 saturated heterocycles. The van der Waals surface area contributed by atoms with Crippen LogP contribution in [0.25, 0.3) is 0 Å². The third-order valence-corrected chi connectivity index (χ3v) is 4.76. The molecule has 1 atom stereocenters. The SMILES string of the molecule is C=CC1(OC(=O)c2c(F)ncn2[C@H](C)c2ccccc2)CCCC1. The van der Waals surface area contributed by atoms with Gasteiger partial charge in [-0.3, -0.25) is 0 Å². The van der Waals surface area contributed by atoms with Crippen molar-refractivity contribution in [3.63, 3.8) is 0 Å². The van der Waals surface area contributed by atoms with Crippen LogP contribution in [0.15, 0.2) is 49.3 Å². The van der Waals surface area contributed by atoms with Gasteiger partial charge in [-0.1, -0.05) is 36.9 Å². The summed E-state index contributed by atoms with van der Waals surface area (Å²) in [7, 11) is 0. The lowest BCUT2D eigenvalue weighted by atomic mass is 10.0. The Balaban J connectivity index is 1.90. The van der Waals surface area contributed by atoms with Gasteiger partial charge in [0.05, 0.1) is 12.4 Å². The number of imidazole rings is 1. The highest BCUT2D eigenvalue weighted by molar-refractivity contribution is 5.88. The zero-order valence-corrected chi connectivity index (χ0v) is 13.7. The molecular formula is C19H21FN2O2. The van der Waals surface area contributed by atoms with Crippen LogP contribution >= 0.6 is 0 Å². The Morgan fingerprint density at radius 1 is 1.38 bits per heavy atom. The summed E-state index contributed by atoms with van der Waals surface area (Å²) in [5.74, 6) is -1.49. The Labute approximate surface area is 141 Å². The van der Waals surface area contributed by atoms with Crippen molar-refractivity contribution in [1.82, 2.24) is 9.55 Å². The zero-order chi connectivity index (χ0) is 17.2. The number of benzene rings is 1. The fraction of sp³-hybridized carbons (Fsp3) is 0.368. The van der Waals surface area contributed by atoms with Crippen LogP contribution in [-0.4, -0.2) is 21.1 Å². The Morgan fingerprint density at radius 3 is 2.67 bits per heavy atom. The number of carbonyl (C=O) groups excluding carboxylic acids is 1. The van der Waals surface area contributed by atoms with Gasteiger partial charge in [0.2, 0.25) is 5.95 Å². The van der Waals surface area contributed by atoms with Crippen LogP contribution in [-0.2, 0) is 4.74 Å². The number of carbonyl (C=O) groups is 1. The Kier molecular flexibility index (Phi) is 4.51. The average Bonchev–Trinajstić information content (AvgIpc) is 3.22. The molecule has 1 aromatic carbocycles. The molecule has 5 heteroatoms. The van der Waals surface area contributed by atoms with Crippen molar-refractivity contribution < 1.29 is 13.9 Å². The van der Waals surface area contributed by atoms with Gasteiger partial charge in [0, 0.05) is 0 Å². The molecule has 0 spiro atoms. The van der Waals surface area contributed by atoms with E-state index >= 15 is 0 Å². The van der Waals surface area contributed by atoms with E-state index in [9.17, 15) is 9.18 Å². The first-order valence-electron chi connectivity index (χ1n) is 8.20. The fourth-order valence-electron chi connectivity index (χ4n) is 3.27. The molecule has 1 saturated carbocycles. The number of aromatic nitrogens is 2. The molecule has 0 bridgehead atoms. The molecule has 2 aromatic rings. The van der Waals surface area contributed by atoms with E-state index in [1.807, 2.05) is 37.3 Å². The third kappa shape index (κ3) is 2.98. The van der Waals surface area contributed by atoms with E-state index in [0.29, 0.717) is 0 Å². The van der Waals surface area contributed by atoms with Crippen LogP contribution < -0.4 is 0 Å². The number of hydrogen-bond donors (Lipinski definition) is 0. The van der Waals surface area contributed by atoms with Gasteiger partial charge in [0.15, 0.2) is 5.69 Å². The summed E-state index contributed by atoms with van der Waals surface area (Å²) in [4.78, 5) is 16.3. The minimum absolute atomic E-state index is 0.139. The second kappa shape index (κ2) is 6.59.